The third-order valence-corrected chi connectivity index (χ3v) is 6.96. The fourth-order valence-electron chi connectivity index (χ4n) is 2.98. The van der Waals surface area contributed by atoms with Gasteiger partial charge in [0.1, 0.15) is 23.0 Å². The molecule has 3 heterocycles. The summed E-state index contributed by atoms with van der Waals surface area (Å²) >= 11 is 3.05. The number of thiophene rings is 1. The van der Waals surface area contributed by atoms with Gasteiger partial charge in [-0.2, -0.15) is 0 Å². The number of imidazole rings is 1. The van der Waals surface area contributed by atoms with Gasteiger partial charge in [-0.3, -0.25) is 4.79 Å². The first-order chi connectivity index (χ1) is 14.6. The van der Waals surface area contributed by atoms with Crippen LogP contribution in [0.1, 0.15) is 29.3 Å². The molecule has 0 saturated carbocycles. The summed E-state index contributed by atoms with van der Waals surface area (Å²) in [6.45, 7) is 6.47. The number of fused-ring (bicyclic) bond motifs is 1. The molecule has 156 valence electrons. The van der Waals surface area contributed by atoms with Crippen molar-refractivity contribution < 1.29 is 9.53 Å². The zero-order valence-corrected chi connectivity index (χ0v) is 18.7. The van der Waals surface area contributed by atoms with E-state index in [2.05, 4.69) is 34.0 Å². The van der Waals surface area contributed by atoms with E-state index in [1.165, 1.54) is 11.3 Å². The van der Waals surface area contributed by atoms with E-state index in [4.69, 9.17) is 4.74 Å². The van der Waals surface area contributed by atoms with Gasteiger partial charge in [-0.1, -0.05) is 11.3 Å². The van der Waals surface area contributed by atoms with Gasteiger partial charge in [-0.05, 0) is 44.2 Å². The van der Waals surface area contributed by atoms with Crippen molar-refractivity contribution in [2.75, 3.05) is 23.3 Å². The summed E-state index contributed by atoms with van der Waals surface area (Å²) in [5.74, 6) is 1.44. The van der Waals surface area contributed by atoms with Crippen molar-refractivity contribution >= 4 is 48.9 Å². The van der Waals surface area contributed by atoms with Crippen LogP contribution in [0, 0.1) is 0 Å². The number of ether oxygens (including phenoxy) is 1. The molecule has 0 bridgehead atoms. The van der Waals surface area contributed by atoms with E-state index >= 15 is 0 Å². The molecule has 3 aromatic heterocycles. The van der Waals surface area contributed by atoms with Gasteiger partial charge in [0.05, 0.1) is 9.58 Å². The summed E-state index contributed by atoms with van der Waals surface area (Å²) in [6, 6.07) is 9.26. The van der Waals surface area contributed by atoms with Gasteiger partial charge in [0, 0.05) is 38.2 Å². The molecule has 9 heteroatoms. The summed E-state index contributed by atoms with van der Waals surface area (Å²) in [6.07, 6.45) is 3.62. The molecule has 0 aliphatic heterocycles. The molecule has 0 fully saturated rings. The average molecular weight is 442 g/mol. The Morgan fingerprint density at radius 2 is 1.97 bits per heavy atom. The Hall–Kier alpha value is -2.91. The van der Waals surface area contributed by atoms with Crippen LogP contribution in [-0.4, -0.2) is 33.5 Å². The smallest absolute Gasteiger partial charge is 0.265 e. The van der Waals surface area contributed by atoms with Gasteiger partial charge in [-0.15, -0.1) is 11.3 Å². The molecular weight excluding hydrogens is 418 g/mol. The number of aromatic nitrogens is 3. The van der Waals surface area contributed by atoms with Gasteiger partial charge in [-0.25, -0.2) is 9.97 Å². The summed E-state index contributed by atoms with van der Waals surface area (Å²) in [4.78, 5) is 25.3. The Balaban J connectivity index is 1.38. The van der Waals surface area contributed by atoms with Crippen LogP contribution in [0.15, 0.2) is 42.7 Å². The van der Waals surface area contributed by atoms with E-state index in [1.54, 1.807) is 17.5 Å². The summed E-state index contributed by atoms with van der Waals surface area (Å²) in [5, 5.41) is 3.95. The highest BCUT2D eigenvalue weighted by Gasteiger charge is 2.16. The highest BCUT2D eigenvalue weighted by atomic mass is 32.1. The zero-order valence-electron chi connectivity index (χ0n) is 17.1. The minimum absolute atomic E-state index is 0.128. The monoisotopic (exact) mass is 441 g/mol. The fourth-order valence-corrected chi connectivity index (χ4v) is 5.21. The standard InChI is InChI=1S/C21H23N5O2S2/c1-4-26(5-2)21-24-20-17(30-21)12-16(29-20)19(27)23-14-6-8-15(9-7-14)28-13-18-22-10-11-25(18)3/h6-12H,4-5,13H2,1-3H3,(H,23,27). The second-order valence-electron chi connectivity index (χ2n) is 6.67. The number of thiazole rings is 1. The lowest BCUT2D eigenvalue weighted by Crippen LogP contribution is -2.21. The molecule has 0 spiro atoms. The Kier molecular flexibility index (Phi) is 6.01. The Morgan fingerprint density at radius 1 is 1.20 bits per heavy atom. The van der Waals surface area contributed by atoms with Gasteiger partial charge in [0.2, 0.25) is 0 Å². The Morgan fingerprint density at radius 3 is 2.60 bits per heavy atom. The molecule has 0 aliphatic carbocycles. The predicted octanol–water partition coefficient (Wildman–Crippen LogP) is 4.77. The van der Waals surface area contributed by atoms with Gasteiger partial charge < -0.3 is 19.5 Å². The third-order valence-electron chi connectivity index (χ3n) is 4.74. The van der Waals surface area contributed by atoms with Crippen LogP contribution in [0.3, 0.4) is 0 Å². The van der Waals surface area contributed by atoms with E-state index in [9.17, 15) is 4.79 Å². The number of hydrogen-bond acceptors (Lipinski definition) is 7. The lowest BCUT2D eigenvalue weighted by Gasteiger charge is -2.16. The number of hydrogen-bond donors (Lipinski definition) is 1. The van der Waals surface area contributed by atoms with Crippen molar-refractivity contribution in [3.05, 3.63) is 53.4 Å². The number of carbonyl (C=O) groups is 1. The number of rotatable bonds is 8. The van der Waals surface area contributed by atoms with E-state index in [1.807, 2.05) is 48.1 Å². The van der Waals surface area contributed by atoms with Gasteiger partial charge in [0.15, 0.2) is 5.13 Å². The number of amides is 1. The molecule has 1 aromatic carbocycles. The quantitative estimate of drug-likeness (QED) is 0.426. The largest absolute Gasteiger partial charge is 0.486 e. The van der Waals surface area contributed by atoms with E-state index < -0.39 is 0 Å². The van der Waals surface area contributed by atoms with Crippen molar-refractivity contribution in [3.8, 4) is 5.75 Å². The highest BCUT2D eigenvalue weighted by Crippen LogP contribution is 2.35. The Labute approximate surface area is 183 Å². The SMILES string of the molecule is CCN(CC)c1nc2sc(C(=O)Nc3ccc(OCc4nccn4C)cc3)cc2s1. The van der Waals surface area contributed by atoms with Crippen LogP contribution in [-0.2, 0) is 13.7 Å². The van der Waals surface area contributed by atoms with E-state index in [-0.39, 0.29) is 5.91 Å². The van der Waals surface area contributed by atoms with Crippen molar-refractivity contribution in [2.45, 2.75) is 20.5 Å². The summed E-state index contributed by atoms with van der Waals surface area (Å²) in [5.41, 5.74) is 0.720. The molecule has 1 N–H and O–H groups in total. The molecule has 0 saturated heterocycles. The molecule has 0 atom stereocenters. The molecule has 0 aliphatic rings. The Bertz CT molecular complexity index is 1110. The maximum atomic E-state index is 12.6. The van der Waals surface area contributed by atoms with Crippen LogP contribution in [0.2, 0.25) is 0 Å². The fraction of sp³-hybridized carbons (Fsp3) is 0.286. The van der Waals surface area contributed by atoms with E-state index in [0.717, 1.165) is 45.0 Å². The maximum absolute atomic E-state index is 12.6. The molecule has 1 amide bonds. The lowest BCUT2D eigenvalue weighted by molar-refractivity contribution is 0.103. The zero-order chi connectivity index (χ0) is 21.1. The molecule has 0 radical (unpaired) electrons. The molecular formula is C21H23N5O2S2. The minimum Gasteiger partial charge on any atom is -0.486 e. The first-order valence-corrected chi connectivity index (χ1v) is 11.4. The number of anilines is 2. The molecule has 4 rings (SSSR count). The maximum Gasteiger partial charge on any atom is 0.265 e. The highest BCUT2D eigenvalue weighted by molar-refractivity contribution is 7.29. The topological polar surface area (TPSA) is 72.3 Å². The van der Waals surface area contributed by atoms with Crippen LogP contribution in [0.25, 0.3) is 9.53 Å². The molecule has 7 nitrogen and oxygen atoms in total. The average Bonchev–Trinajstić information content (AvgIpc) is 3.43. The number of nitrogens with zero attached hydrogens (tertiary/aromatic N) is 4. The normalized spacial score (nSPS) is 11.0. The van der Waals surface area contributed by atoms with Crippen LogP contribution < -0.4 is 15.0 Å². The first-order valence-electron chi connectivity index (χ1n) is 9.73. The van der Waals surface area contributed by atoms with E-state index in [0.29, 0.717) is 11.5 Å². The van der Waals surface area contributed by atoms with Crippen LogP contribution >= 0.6 is 22.7 Å². The number of carbonyl (C=O) groups excluding carboxylic acids is 1. The first kappa shape index (κ1) is 20.4. The summed E-state index contributed by atoms with van der Waals surface area (Å²) < 4.78 is 8.71. The minimum atomic E-state index is -0.128. The molecule has 4 aromatic rings. The van der Waals surface area contributed by atoms with Crippen molar-refractivity contribution in [3.63, 3.8) is 0 Å². The third kappa shape index (κ3) is 4.31. The van der Waals surface area contributed by atoms with Crippen molar-refractivity contribution in [1.29, 1.82) is 0 Å². The van der Waals surface area contributed by atoms with Crippen molar-refractivity contribution in [1.82, 2.24) is 14.5 Å². The second-order valence-corrected chi connectivity index (χ2v) is 8.71. The van der Waals surface area contributed by atoms with Gasteiger partial charge in [0.25, 0.3) is 5.91 Å². The van der Waals surface area contributed by atoms with Crippen LogP contribution in [0.5, 0.6) is 5.75 Å². The molecule has 0 unspecified atom stereocenters. The van der Waals surface area contributed by atoms with Crippen LogP contribution in [0.4, 0.5) is 10.8 Å². The summed E-state index contributed by atoms with van der Waals surface area (Å²) in [7, 11) is 1.93. The lowest BCUT2D eigenvalue weighted by atomic mass is 10.3. The van der Waals surface area contributed by atoms with Crippen molar-refractivity contribution in [2.24, 2.45) is 7.05 Å². The number of aryl methyl sites for hydroxylation is 1. The second kappa shape index (κ2) is 8.85. The molecule has 30 heavy (non-hydrogen) atoms. The van der Waals surface area contributed by atoms with Gasteiger partial charge >= 0.3 is 0 Å². The predicted molar refractivity (Wildman–Crippen MR) is 123 cm³/mol. The number of nitrogens with one attached hydrogen (secondary N) is 1. The number of benzene rings is 1.